The van der Waals surface area contributed by atoms with Crippen molar-refractivity contribution in [2.75, 3.05) is 33.0 Å². The second-order valence-electron chi connectivity index (χ2n) is 9.84. The van der Waals surface area contributed by atoms with E-state index in [2.05, 4.69) is 6.92 Å². The molecule has 1 aliphatic heterocycles. The van der Waals surface area contributed by atoms with Gasteiger partial charge < -0.3 is 9.47 Å². The van der Waals surface area contributed by atoms with Crippen molar-refractivity contribution in [3.8, 4) is 0 Å². The van der Waals surface area contributed by atoms with Gasteiger partial charge in [0.1, 0.15) is 0 Å². The Balaban J connectivity index is 1.27. The predicted octanol–water partition coefficient (Wildman–Crippen LogP) is 7.58. The van der Waals surface area contributed by atoms with Crippen LogP contribution in [0.15, 0.2) is 24.3 Å². The molecular formula is C30H49NO4. The molecular weight excluding hydrogens is 438 g/mol. The lowest BCUT2D eigenvalue weighted by atomic mass is 10.0. The minimum absolute atomic E-state index is 0.228. The number of imide groups is 1. The Bertz CT molecular complexity index is 670. The number of fused-ring (bicyclic) bond motifs is 1. The van der Waals surface area contributed by atoms with Crippen molar-refractivity contribution in [1.82, 2.24) is 4.90 Å². The van der Waals surface area contributed by atoms with E-state index >= 15 is 0 Å². The third-order valence-electron chi connectivity index (χ3n) is 6.85. The molecule has 0 spiro atoms. The molecule has 0 radical (unpaired) electrons. The number of rotatable bonds is 23. The zero-order valence-corrected chi connectivity index (χ0v) is 22.2. The van der Waals surface area contributed by atoms with Crippen molar-refractivity contribution >= 4 is 11.8 Å². The van der Waals surface area contributed by atoms with E-state index in [0.717, 1.165) is 13.0 Å². The van der Waals surface area contributed by atoms with Gasteiger partial charge in [0.25, 0.3) is 11.8 Å². The van der Waals surface area contributed by atoms with Gasteiger partial charge in [0.05, 0.1) is 37.5 Å². The molecule has 35 heavy (non-hydrogen) atoms. The maximum atomic E-state index is 12.3. The minimum atomic E-state index is -0.228. The van der Waals surface area contributed by atoms with Crippen LogP contribution in [0.1, 0.15) is 130 Å². The van der Waals surface area contributed by atoms with Gasteiger partial charge in [-0.1, -0.05) is 115 Å². The molecule has 0 saturated carbocycles. The first kappa shape index (κ1) is 29.5. The van der Waals surface area contributed by atoms with Gasteiger partial charge in [0.15, 0.2) is 0 Å². The van der Waals surface area contributed by atoms with Gasteiger partial charge in [0.2, 0.25) is 0 Å². The van der Waals surface area contributed by atoms with E-state index in [1.54, 1.807) is 24.3 Å². The standard InChI is InChI=1S/C30H49NO4/c1-2-3-4-5-6-7-8-9-10-11-12-13-14-15-16-19-23-34-25-26-35-24-22-31-29(32)27-20-17-18-21-28(27)30(31)33/h17-18,20-21H,2-16,19,22-26H2,1H3. The smallest absolute Gasteiger partial charge is 0.261 e. The molecule has 0 unspecified atom stereocenters. The highest BCUT2D eigenvalue weighted by molar-refractivity contribution is 6.21. The van der Waals surface area contributed by atoms with E-state index in [4.69, 9.17) is 9.47 Å². The minimum Gasteiger partial charge on any atom is -0.379 e. The summed E-state index contributed by atoms with van der Waals surface area (Å²) in [4.78, 5) is 25.8. The van der Waals surface area contributed by atoms with Gasteiger partial charge in [0, 0.05) is 6.61 Å². The number of nitrogens with zero attached hydrogens (tertiary/aromatic N) is 1. The second kappa shape index (κ2) is 19.5. The Morgan fingerprint density at radius 3 is 1.40 bits per heavy atom. The summed E-state index contributed by atoms with van der Waals surface area (Å²) >= 11 is 0. The summed E-state index contributed by atoms with van der Waals surface area (Å²) in [6, 6.07) is 6.95. The van der Waals surface area contributed by atoms with Crippen LogP contribution in [0.3, 0.4) is 0 Å². The molecule has 5 nitrogen and oxygen atoms in total. The summed E-state index contributed by atoms with van der Waals surface area (Å²) in [6.07, 6.45) is 21.9. The van der Waals surface area contributed by atoms with E-state index in [0.29, 0.717) is 30.9 Å². The third kappa shape index (κ3) is 12.2. The summed E-state index contributed by atoms with van der Waals surface area (Å²) in [6.45, 7) is 4.73. The number of carbonyl (C=O) groups excluding carboxylic acids is 2. The van der Waals surface area contributed by atoms with Crippen molar-refractivity contribution < 1.29 is 19.1 Å². The van der Waals surface area contributed by atoms with Crippen molar-refractivity contribution in [2.45, 2.75) is 110 Å². The van der Waals surface area contributed by atoms with Gasteiger partial charge in [-0.25, -0.2) is 0 Å². The monoisotopic (exact) mass is 487 g/mol. The average Bonchev–Trinajstić information content (AvgIpc) is 3.12. The SMILES string of the molecule is CCCCCCCCCCCCCCCCCCOCCOCCN1C(=O)c2ccccc2C1=O. The number of hydrogen-bond acceptors (Lipinski definition) is 4. The highest BCUT2D eigenvalue weighted by atomic mass is 16.5. The van der Waals surface area contributed by atoms with Crippen LogP contribution in [-0.4, -0.2) is 49.7 Å². The van der Waals surface area contributed by atoms with Crippen molar-refractivity contribution in [3.63, 3.8) is 0 Å². The van der Waals surface area contributed by atoms with Crippen molar-refractivity contribution in [2.24, 2.45) is 0 Å². The van der Waals surface area contributed by atoms with Crippen LogP contribution in [0.25, 0.3) is 0 Å². The van der Waals surface area contributed by atoms with E-state index in [9.17, 15) is 9.59 Å². The van der Waals surface area contributed by atoms with Gasteiger partial charge in [-0.2, -0.15) is 0 Å². The van der Waals surface area contributed by atoms with Gasteiger partial charge in [-0.15, -0.1) is 0 Å². The molecule has 0 aliphatic carbocycles. The lowest BCUT2D eigenvalue weighted by Crippen LogP contribution is -2.33. The molecule has 2 rings (SSSR count). The highest BCUT2D eigenvalue weighted by Crippen LogP contribution is 2.22. The lowest BCUT2D eigenvalue weighted by molar-refractivity contribution is 0.0346. The largest absolute Gasteiger partial charge is 0.379 e. The summed E-state index contributed by atoms with van der Waals surface area (Å²) in [5.74, 6) is -0.456. The molecule has 5 heteroatoms. The van der Waals surface area contributed by atoms with Crippen LogP contribution < -0.4 is 0 Å². The summed E-state index contributed by atoms with van der Waals surface area (Å²) in [5, 5.41) is 0. The first-order chi connectivity index (χ1) is 17.3. The Kier molecular flexibility index (Phi) is 16.4. The van der Waals surface area contributed by atoms with Gasteiger partial charge in [-0.05, 0) is 18.6 Å². The van der Waals surface area contributed by atoms with Crippen LogP contribution in [0, 0.1) is 0 Å². The normalized spacial score (nSPS) is 13.1. The number of ether oxygens (including phenoxy) is 2. The first-order valence-corrected chi connectivity index (χ1v) is 14.4. The Labute approximate surface area is 213 Å². The molecule has 0 aromatic heterocycles. The molecule has 0 atom stereocenters. The van der Waals surface area contributed by atoms with E-state index in [-0.39, 0.29) is 18.4 Å². The zero-order valence-electron chi connectivity index (χ0n) is 22.2. The number of hydrogen-bond donors (Lipinski definition) is 0. The van der Waals surface area contributed by atoms with Crippen LogP contribution in [0.2, 0.25) is 0 Å². The topological polar surface area (TPSA) is 55.8 Å². The average molecular weight is 488 g/mol. The van der Waals surface area contributed by atoms with Crippen LogP contribution in [-0.2, 0) is 9.47 Å². The van der Waals surface area contributed by atoms with Crippen molar-refractivity contribution in [1.29, 1.82) is 0 Å². The predicted molar refractivity (Wildman–Crippen MR) is 143 cm³/mol. The van der Waals surface area contributed by atoms with Gasteiger partial charge >= 0.3 is 0 Å². The molecule has 0 saturated heterocycles. The second-order valence-corrected chi connectivity index (χ2v) is 9.84. The molecule has 0 N–H and O–H groups in total. The number of carbonyl (C=O) groups is 2. The van der Waals surface area contributed by atoms with E-state index < -0.39 is 0 Å². The number of amides is 2. The number of benzene rings is 1. The fraction of sp³-hybridized carbons (Fsp3) is 0.733. The van der Waals surface area contributed by atoms with E-state index in [1.807, 2.05) is 0 Å². The van der Waals surface area contributed by atoms with Crippen LogP contribution >= 0.6 is 0 Å². The fourth-order valence-corrected chi connectivity index (χ4v) is 4.67. The Morgan fingerprint density at radius 1 is 0.543 bits per heavy atom. The quantitative estimate of drug-likeness (QED) is 0.118. The molecule has 1 aromatic carbocycles. The van der Waals surface area contributed by atoms with Crippen molar-refractivity contribution in [3.05, 3.63) is 35.4 Å². The summed E-state index contributed by atoms with van der Waals surface area (Å²) < 4.78 is 11.2. The molecule has 1 aliphatic rings. The fourth-order valence-electron chi connectivity index (χ4n) is 4.67. The molecule has 198 valence electrons. The molecule has 0 fully saturated rings. The molecule has 1 heterocycles. The summed E-state index contributed by atoms with van der Waals surface area (Å²) in [7, 11) is 0. The van der Waals surface area contributed by atoms with E-state index in [1.165, 1.54) is 101 Å². The van der Waals surface area contributed by atoms with Crippen LogP contribution in [0.4, 0.5) is 0 Å². The van der Waals surface area contributed by atoms with Gasteiger partial charge in [-0.3, -0.25) is 14.5 Å². The maximum absolute atomic E-state index is 12.3. The number of unbranched alkanes of at least 4 members (excludes halogenated alkanes) is 15. The zero-order chi connectivity index (χ0) is 25.0. The first-order valence-electron chi connectivity index (χ1n) is 14.4. The maximum Gasteiger partial charge on any atom is 0.261 e. The highest BCUT2D eigenvalue weighted by Gasteiger charge is 2.34. The lowest BCUT2D eigenvalue weighted by Gasteiger charge is -2.13. The third-order valence-corrected chi connectivity index (χ3v) is 6.85. The Hall–Kier alpha value is -1.72. The Morgan fingerprint density at radius 2 is 0.943 bits per heavy atom. The molecule has 2 amide bonds. The summed E-state index contributed by atoms with van der Waals surface area (Å²) in [5.41, 5.74) is 0.972. The molecule has 0 bridgehead atoms. The van der Waals surface area contributed by atoms with Crippen LogP contribution in [0.5, 0.6) is 0 Å². The molecule has 1 aromatic rings.